The number of nitrogens with zero attached hydrogens (tertiary/aromatic N) is 1. The molecule has 20 heavy (non-hydrogen) atoms. The second-order valence-corrected chi connectivity index (χ2v) is 5.32. The summed E-state index contributed by atoms with van der Waals surface area (Å²) in [4.78, 5) is 16.2. The Morgan fingerprint density at radius 2 is 2.20 bits per heavy atom. The Morgan fingerprint density at radius 1 is 1.35 bits per heavy atom. The number of aromatic nitrogens is 1. The summed E-state index contributed by atoms with van der Waals surface area (Å²) < 4.78 is 0. The number of rotatable bonds is 2. The number of aryl methyl sites for hydroxylation is 1. The third kappa shape index (κ3) is 2.47. The summed E-state index contributed by atoms with van der Waals surface area (Å²) in [6.45, 7) is 0. The van der Waals surface area contributed by atoms with Crippen molar-refractivity contribution in [2.45, 2.75) is 18.9 Å². The maximum Gasteiger partial charge on any atom is 0.270 e. The number of amides is 1. The van der Waals surface area contributed by atoms with E-state index < -0.39 is 0 Å². The first-order valence-electron chi connectivity index (χ1n) is 6.44. The lowest BCUT2D eigenvalue weighted by Gasteiger charge is -2.14. The minimum Gasteiger partial charge on any atom is -0.399 e. The first-order valence-corrected chi connectivity index (χ1v) is 6.82. The average molecular weight is 288 g/mol. The molecule has 2 aromatic rings. The van der Waals surface area contributed by atoms with Crippen molar-refractivity contribution >= 4 is 23.2 Å². The van der Waals surface area contributed by atoms with Crippen LogP contribution in [0.15, 0.2) is 36.5 Å². The number of hydrogen-bond donors (Lipinski definition) is 2. The largest absolute Gasteiger partial charge is 0.399 e. The van der Waals surface area contributed by atoms with Crippen LogP contribution in [-0.2, 0) is 6.42 Å². The van der Waals surface area contributed by atoms with Gasteiger partial charge in [-0.05, 0) is 48.2 Å². The summed E-state index contributed by atoms with van der Waals surface area (Å²) in [6, 6.07) is 9.13. The van der Waals surface area contributed by atoms with Crippen molar-refractivity contribution in [3.05, 3.63) is 58.4 Å². The van der Waals surface area contributed by atoms with E-state index in [1.807, 2.05) is 18.2 Å². The zero-order valence-corrected chi connectivity index (χ0v) is 11.5. The molecule has 0 saturated heterocycles. The number of benzene rings is 1. The number of carbonyl (C=O) groups excluding carboxylic acids is 1. The number of fused-ring (bicyclic) bond motifs is 1. The highest BCUT2D eigenvalue weighted by atomic mass is 35.5. The second-order valence-electron chi connectivity index (χ2n) is 4.88. The second kappa shape index (κ2) is 5.13. The molecule has 1 aromatic carbocycles. The van der Waals surface area contributed by atoms with Crippen molar-refractivity contribution in [1.29, 1.82) is 0 Å². The van der Waals surface area contributed by atoms with Gasteiger partial charge in [0.15, 0.2) is 0 Å². The standard InChI is InChI=1S/C15H14ClN3O/c16-10-2-6-14(18-8-10)15(20)19-13-5-1-9-7-11(17)3-4-12(9)13/h2-4,6-8,13H,1,5,17H2,(H,19,20). The molecule has 1 aliphatic carbocycles. The topological polar surface area (TPSA) is 68.0 Å². The molecule has 0 bridgehead atoms. The minimum absolute atomic E-state index is 0.0237. The number of nitrogen functional groups attached to an aromatic ring is 1. The lowest BCUT2D eigenvalue weighted by molar-refractivity contribution is 0.0931. The van der Waals surface area contributed by atoms with Crippen molar-refractivity contribution in [2.24, 2.45) is 0 Å². The number of hydrogen-bond acceptors (Lipinski definition) is 3. The van der Waals surface area contributed by atoms with E-state index >= 15 is 0 Å². The lowest BCUT2D eigenvalue weighted by Crippen LogP contribution is -2.27. The zero-order valence-electron chi connectivity index (χ0n) is 10.8. The Morgan fingerprint density at radius 3 is 2.95 bits per heavy atom. The van der Waals surface area contributed by atoms with Gasteiger partial charge in [0, 0.05) is 11.9 Å². The SMILES string of the molecule is Nc1ccc2c(c1)CCC2NC(=O)c1ccc(Cl)cn1. The number of halogens is 1. The van der Waals surface area contributed by atoms with Crippen molar-refractivity contribution in [3.63, 3.8) is 0 Å². The van der Waals surface area contributed by atoms with E-state index in [2.05, 4.69) is 10.3 Å². The number of carbonyl (C=O) groups is 1. The molecular formula is C15H14ClN3O. The molecule has 4 nitrogen and oxygen atoms in total. The third-order valence-electron chi connectivity index (χ3n) is 3.51. The van der Waals surface area contributed by atoms with Gasteiger partial charge in [0.2, 0.25) is 0 Å². The molecule has 1 aliphatic rings. The van der Waals surface area contributed by atoms with Crippen LogP contribution in [-0.4, -0.2) is 10.9 Å². The molecule has 1 unspecified atom stereocenters. The highest BCUT2D eigenvalue weighted by Gasteiger charge is 2.24. The summed E-state index contributed by atoms with van der Waals surface area (Å²) in [5.41, 5.74) is 9.25. The predicted octanol–water partition coefficient (Wildman–Crippen LogP) is 2.73. The van der Waals surface area contributed by atoms with Crippen molar-refractivity contribution in [2.75, 3.05) is 5.73 Å². The van der Waals surface area contributed by atoms with E-state index in [0.717, 1.165) is 24.1 Å². The molecule has 3 rings (SSSR count). The monoisotopic (exact) mass is 287 g/mol. The Balaban J connectivity index is 1.77. The van der Waals surface area contributed by atoms with Crippen LogP contribution in [0.25, 0.3) is 0 Å². The van der Waals surface area contributed by atoms with Crippen LogP contribution in [0.1, 0.15) is 34.1 Å². The molecule has 1 amide bonds. The van der Waals surface area contributed by atoms with Gasteiger partial charge in [0.1, 0.15) is 5.69 Å². The lowest BCUT2D eigenvalue weighted by atomic mass is 10.1. The number of nitrogens with one attached hydrogen (secondary N) is 1. The van der Waals surface area contributed by atoms with Crippen LogP contribution >= 0.6 is 11.6 Å². The molecule has 3 N–H and O–H groups in total. The van der Waals surface area contributed by atoms with Gasteiger partial charge in [-0.1, -0.05) is 17.7 Å². The maximum absolute atomic E-state index is 12.1. The average Bonchev–Trinajstić information content (AvgIpc) is 2.81. The van der Waals surface area contributed by atoms with E-state index in [1.54, 1.807) is 12.1 Å². The fraction of sp³-hybridized carbons (Fsp3) is 0.200. The fourth-order valence-corrected chi connectivity index (χ4v) is 2.64. The van der Waals surface area contributed by atoms with Crippen LogP contribution in [0.3, 0.4) is 0 Å². The summed E-state index contributed by atoms with van der Waals surface area (Å²) >= 11 is 5.76. The van der Waals surface area contributed by atoms with E-state index in [4.69, 9.17) is 17.3 Å². The summed E-state index contributed by atoms with van der Waals surface area (Å²) in [6.07, 6.45) is 3.29. The van der Waals surface area contributed by atoms with Crippen LogP contribution in [0.5, 0.6) is 0 Å². The van der Waals surface area contributed by atoms with Crippen LogP contribution in [0, 0.1) is 0 Å². The highest BCUT2D eigenvalue weighted by molar-refractivity contribution is 6.30. The fourth-order valence-electron chi connectivity index (χ4n) is 2.53. The molecule has 1 heterocycles. The Hall–Kier alpha value is -2.07. The summed E-state index contributed by atoms with van der Waals surface area (Å²) in [5.74, 6) is -0.184. The maximum atomic E-state index is 12.1. The van der Waals surface area contributed by atoms with Crippen LogP contribution < -0.4 is 11.1 Å². The Bertz CT molecular complexity index is 655. The Kier molecular flexibility index (Phi) is 3.32. The zero-order chi connectivity index (χ0) is 14.1. The van der Waals surface area contributed by atoms with Gasteiger partial charge in [-0.25, -0.2) is 4.98 Å². The molecule has 5 heteroatoms. The van der Waals surface area contributed by atoms with Gasteiger partial charge >= 0.3 is 0 Å². The molecular weight excluding hydrogens is 274 g/mol. The molecule has 0 spiro atoms. The van der Waals surface area contributed by atoms with Gasteiger partial charge in [-0.15, -0.1) is 0 Å². The summed E-state index contributed by atoms with van der Waals surface area (Å²) in [7, 11) is 0. The van der Waals surface area contributed by atoms with Gasteiger partial charge < -0.3 is 11.1 Å². The molecule has 102 valence electrons. The number of nitrogens with two attached hydrogens (primary N) is 1. The number of pyridine rings is 1. The molecule has 0 aliphatic heterocycles. The van der Waals surface area contributed by atoms with E-state index in [9.17, 15) is 4.79 Å². The van der Waals surface area contributed by atoms with Gasteiger partial charge in [-0.2, -0.15) is 0 Å². The van der Waals surface area contributed by atoms with Crippen LogP contribution in [0.4, 0.5) is 5.69 Å². The van der Waals surface area contributed by atoms with Crippen LogP contribution in [0.2, 0.25) is 5.02 Å². The molecule has 1 aromatic heterocycles. The predicted molar refractivity (Wildman–Crippen MR) is 78.6 cm³/mol. The minimum atomic E-state index is -0.184. The molecule has 0 fully saturated rings. The van der Waals surface area contributed by atoms with Gasteiger partial charge in [-0.3, -0.25) is 4.79 Å². The van der Waals surface area contributed by atoms with E-state index in [0.29, 0.717) is 10.7 Å². The van der Waals surface area contributed by atoms with Crippen molar-refractivity contribution in [1.82, 2.24) is 10.3 Å². The van der Waals surface area contributed by atoms with E-state index in [-0.39, 0.29) is 11.9 Å². The quantitative estimate of drug-likeness (QED) is 0.835. The Labute approximate surface area is 122 Å². The molecule has 1 atom stereocenters. The number of anilines is 1. The normalized spacial score (nSPS) is 16.8. The van der Waals surface area contributed by atoms with Crippen molar-refractivity contribution in [3.8, 4) is 0 Å². The summed E-state index contributed by atoms with van der Waals surface area (Å²) in [5, 5.41) is 3.52. The van der Waals surface area contributed by atoms with Crippen molar-refractivity contribution < 1.29 is 4.79 Å². The molecule has 0 radical (unpaired) electrons. The van der Waals surface area contributed by atoms with Gasteiger partial charge in [0.05, 0.1) is 11.1 Å². The first-order chi connectivity index (χ1) is 9.63. The molecule has 0 saturated carbocycles. The van der Waals surface area contributed by atoms with Gasteiger partial charge in [0.25, 0.3) is 5.91 Å². The first kappa shape index (κ1) is 12.9. The smallest absolute Gasteiger partial charge is 0.270 e. The van der Waals surface area contributed by atoms with E-state index in [1.165, 1.54) is 11.8 Å². The highest BCUT2D eigenvalue weighted by Crippen LogP contribution is 2.32. The third-order valence-corrected chi connectivity index (χ3v) is 3.73.